The van der Waals surface area contributed by atoms with Crippen LogP contribution in [0.25, 0.3) is 22.1 Å². The molecular formula is C22H20FNO5. The second-order valence-corrected chi connectivity index (χ2v) is 7.01. The van der Waals surface area contributed by atoms with Crippen LogP contribution in [0.4, 0.5) is 4.39 Å². The third kappa shape index (κ3) is 4.00. The Morgan fingerprint density at radius 2 is 2.00 bits per heavy atom. The summed E-state index contributed by atoms with van der Waals surface area (Å²) in [4.78, 5) is 26.3. The number of fused-ring (bicyclic) bond motifs is 1. The first kappa shape index (κ1) is 19.1. The number of amides is 1. The first-order chi connectivity index (χ1) is 14.0. The van der Waals surface area contributed by atoms with Crippen LogP contribution >= 0.6 is 0 Å². The molecule has 1 fully saturated rings. The third-order valence-electron chi connectivity index (χ3n) is 5.13. The van der Waals surface area contributed by atoms with E-state index in [1.807, 2.05) is 0 Å². The molecule has 1 unspecified atom stereocenters. The van der Waals surface area contributed by atoms with E-state index in [0.29, 0.717) is 34.4 Å². The van der Waals surface area contributed by atoms with E-state index in [4.69, 9.17) is 9.15 Å². The van der Waals surface area contributed by atoms with Crippen LogP contribution in [0.5, 0.6) is 5.75 Å². The molecule has 3 aromatic rings. The van der Waals surface area contributed by atoms with Gasteiger partial charge in [0.15, 0.2) is 6.61 Å². The Morgan fingerprint density at radius 3 is 2.76 bits per heavy atom. The number of aliphatic hydroxyl groups is 1. The molecule has 4 rings (SSSR count). The van der Waals surface area contributed by atoms with Gasteiger partial charge in [0.25, 0.3) is 5.91 Å². The number of nitrogens with zero attached hydrogens (tertiary/aromatic N) is 1. The smallest absolute Gasteiger partial charge is 0.344 e. The third-order valence-corrected chi connectivity index (χ3v) is 5.13. The lowest BCUT2D eigenvalue weighted by molar-refractivity contribution is -0.134. The van der Waals surface area contributed by atoms with Crippen LogP contribution < -0.4 is 10.4 Å². The quantitative estimate of drug-likeness (QED) is 0.670. The van der Waals surface area contributed by atoms with Gasteiger partial charge in [-0.25, -0.2) is 9.18 Å². The van der Waals surface area contributed by atoms with Crippen molar-refractivity contribution in [2.75, 3.05) is 19.8 Å². The summed E-state index contributed by atoms with van der Waals surface area (Å²) in [7, 11) is 0. The number of carbonyl (C=O) groups is 1. The van der Waals surface area contributed by atoms with Gasteiger partial charge in [-0.1, -0.05) is 12.1 Å². The van der Waals surface area contributed by atoms with E-state index in [2.05, 4.69) is 0 Å². The van der Waals surface area contributed by atoms with Crippen LogP contribution in [-0.4, -0.2) is 41.7 Å². The van der Waals surface area contributed by atoms with Crippen molar-refractivity contribution in [2.45, 2.75) is 18.9 Å². The minimum atomic E-state index is -0.541. The minimum Gasteiger partial charge on any atom is -0.484 e. The molecule has 1 amide bonds. The highest BCUT2D eigenvalue weighted by Gasteiger charge is 2.28. The lowest BCUT2D eigenvalue weighted by Crippen LogP contribution is -2.40. The first-order valence-electron chi connectivity index (χ1n) is 9.42. The van der Waals surface area contributed by atoms with Gasteiger partial charge in [0, 0.05) is 18.0 Å². The average molecular weight is 397 g/mol. The zero-order chi connectivity index (χ0) is 20.4. The number of hydrogen-bond donors (Lipinski definition) is 1. The molecule has 0 bridgehead atoms. The van der Waals surface area contributed by atoms with Gasteiger partial charge in [-0.2, -0.15) is 0 Å². The highest BCUT2D eigenvalue weighted by atomic mass is 19.1. The van der Waals surface area contributed by atoms with E-state index in [9.17, 15) is 19.1 Å². The Kier molecular flexibility index (Phi) is 5.31. The molecule has 1 aliphatic heterocycles. The fourth-order valence-corrected chi connectivity index (χ4v) is 3.59. The van der Waals surface area contributed by atoms with Crippen molar-refractivity contribution in [3.05, 3.63) is 64.8 Å². The number of benzene rings is 2. The average Bonchev–Trinajstić information content (AvgIpc) is 3.21. The number of halogens is 1. The largest absolute Gasteiger partial charge is 0.484 e. The van der Waals surface area contributed by atoms with Crippen LogP contribution in [0.2, 0.25) is 0 Å². The van der Waals surface area contributed by atoms with Gasteiger partial charge in [0.2, 0.25) is 0 Å². The van der Waals surface area contributed by atoms with E-state index < -0.39 is 5.63 Å². The molecule has 29 heavy (non-hydrogen) atoms. The zero-order valence-electron chi connectivity index (χ0n) is 15.6. The predicted octanol–water partition coefficient (Wildman–Crippen LogP) is 2.96. The lowest BCUT2D eigenvalue weighted by atomic mass is 10.1. The lowest BCUT2D eigenvalue weighted by Gasteiger charge is -2.22. The minimum absolute atomic E-state index is 0.0523. The van der Waals surface area contributed by atoms with E-state index in [-0.39, 0.29) is 31.0 Å². The number of hydrogen-bond acceptors (Lipinski definition) is 5. The van der Waals surface area contributed by atoms with Crippen molar-refractivity contribution in [3.8, 4) is 16.9 Å². The molecule has 0 saturated carbocycles. The van der Waals surface area contributed by atoms with Crippen molar-refractivity contribution in [1.29, 1.82) is 0 Å². The summed E-state index contributed by atoms with van der Waals surface area (Å²) < 4.78 is 24.1. The number of ether oxygens (including phenoxy) is 1. The van der Waals surface area contributed by atoms with Gasteiger partial charge >= 0.3 is 5.63 Å². The van der Waals surface area contributed by atoms with Crippen molar-refractivity contribution >= 4 is 16.9 Å². The van der Waals surface area contributed by atoms with Gasteiger partial charge in [0.1, 0.15) is 17.1 Å². The number of rotatable bonds is 5. The van der Waals surface area contributed by atoms with Crippen LogP contribution in [0.1, 0.15) is 12.8 Å². The summed E-state index contributed by atoms with van der Waals surface area (Å²) in [5.41, 5.74) is 0.697. The Balaban J connectivity index is 1.52. The second kappa shape index (κ2) is 8.05. The molecule has 1 saturated heterocycles. The monoisotopic (exact) mass is 397 g/mol. The zero-order valence-corrected chi connectivity index (χ0v) is 15.6. The van der Waals surface area contributed by atoms with E-state index in [0.717, 1.165) is 12.8 Å². The van der Waals surface area contributed by atoms with E-state index in [1.54, 1.807) is 29.2 Å². The number of likely N-dealkylation sites (tertiary alicyclic amines) is 1. The van der Waals surface area contributed by atoms with Gasteiger partial charge in [-0.05, 0) is 48.7 Å². The summed E-state index contributed by atoms with van der Waals surface area (Å²) in [6.07, 6.45) is 1.66. The summed E-state index contributed by atoms with van der Waals surface area (Å²) in [6, 6.07) is 12.1. The molecule has 7 heteroatoms. The maximum Gasteiger partial charge on any atom is 0.344 e. The van der Waals surface area contributed by atoms with Crippen molar-refractivity contribution in [1.82, 2.24) is 4.90 Å². The SMILES string of the molecule is O=C(COc1ccc2cc(-c3ccc(F)cc3)c(=O)oc2c1)N1CCCC1CO. The molecule has 1 aliphatic rings. The van der Waals surface area contributed by atoms with Gasteiger partial charge < -0.3 is 19.2 Å². The molecule has 0 radical (unpaired) electrons. The molecule has 1 aromatic heterocycles. The molecule has 0 spiro atoms. The summed E-state index contributed by atoms with van der Waals surface area (Å²) >= 11 is 0. The van der Waals surface area contributed by atoms with Gasteiger partial charge in [0.05, 0.1) is 18.2 Å². The van der Waals surface area contributed by atoms with Crippen molar-refractivity contribution < 1.29 is 23.4 Å². The Labute approximate surface area is 166 Å². The number of carbonyl (C=O) groups excluding carboxylic acids is 1. The molecular weight excluding hydrogens is 377 g/mol. The molecule has 2 heterocycles. The molecule has 0 aliphatic carbocycles. The highest BCUT2D eigenvalue weighted by molar-refractivity contribution is 5.83. The topological polar surface area (TPSA) is 80.0 Å². The first-order valence-corrected chi connectivity index (χ1v) is 9.42. The molecule has 1 atom stereocenters. The standard InChI is InChI=1S/C22H20FNO5/c23-16-6-3-14(4-7-16)19-10-15-5-8-18(11-20(15)29-22(19)27)28-13-21(26)24-9-1-2-17(24)12-25/h3-8,10-11,17,25H,1-2,9,12-13H2. The summed E-state index contributed by atoms with van der Waals surface area (Å²) in [6.45, 7) is 0.412. The Bertz CT molecular complexity index is 1090. The molecule has 2 aromatic carbocycles. The second-order valence-electron chi connectivity index (χ2n) is 7.01. The van der Waals surface area contributed by atoms with E-state index in [1.165, 1.54) is 24.3 Å². The van der Waals surface area contributed by atoms with Crippen LogP contribution in [-0.2, 0) is 4.79 Å². The molecule has 6 nitrogen and oxygen atoms in total. The van der Waals surface area contributed by atoms with Gasteiger partial charge in [-0.3, -0.25) is 4.79 Å². The van der Waals surface area contributed by atoms with E-state index >= 15 is 0 Å². The summed E-state index contributed by atoms with van der Waals surface area (Å²) in [5, 5.41) is 10.0. The Morgan fingerprint density at radius 1 is 1.21 bits per heavy atom. The van der Waals surface area contributed by atoms with Crippen LogP contribution in [0.3, 0.4) is 0 Å². The fourth-order valence-electron chi connectivity index (χ4n) is 3.59. The highest BCUT2D eigenvalue weighted by Crippen LogP contribution is 2.25. The van der Waals surface area contributed by atoms with Crippen LogP contribution in [0, 0.1) is 5.82 Å². The summed E-state index contributed by atoms with van der Waals surface area (Å²) in [5.74, 6) is -0.160. The normalized spacial score (nSPS) is 16.3. The van der Waals surface area contributed by atoms with Crippen LogP contribution in [0.15, 0.2) is 57.7 Å². The molecule has 150 valence electrons. The van der Waals surface area contributed by atoms with Crippen molar-refractivity contribution in [2.24, 2.45) is 0 Å². The fraction of sp³-hybridized carbons (Fsp3) is 0.273. The predicted molar refractivity (Wildman–Crippen MR) is 105 cm³/mol. The van der Waals surface area contributed by atoms with Crippen molar-refractivity contribution in [3.63, 3.8) is 0 Å². The number of aliphatic hydroxyl groups excluding tert-OH is 1. The maximum absolute atomic E-state index is 13.1. The maximum atomic E-state index is 13.1. The Hall–Kier alpha value is -3.19. The van der Waals surface area contributed by atoms with Gasteiger partial charge in [-0.15, -0.1) is 0 Å². The molecule has 1 N–H and O–H groups in total.